The van der Waals surface area contributed by atoms with Crippen molar-refractivity contribution in [3.63, 3.8) is 0 Å². The molecule has 1 aliphatic rings. The molecule has 3 rings (SSSR count). The third kappa shape index (κ3) is 3.46. The van der Waals surface area contributed by atoms with E-state index in [0.29, 0.717) is 28.8 Å². The van der Waals surface area contributed by atoms with E-state index >= 15 is 0 Å². The van der Waals surface area contributed by atoms with Gasteiger partial charge in [0.05, 0.1) is 17.3 Å². The van der Waals surface area contributed by atoms with Gasteiger partial charge < -0.3 is 9.64 Å². The van der Waals surface area contributed by atoms with Gasteiger partial charge in [-0.2, -0.15) is 0 Å². The minimum absolute atomic E-state index is 0.00745. The molecule has 0 radical (unpaired) electrons. The van der Waals surface area contributed by atoms with Gasteiger partial charge in [0.15, 0.2) is 0 Å². The van der Waals surface area contributed by atoms with E-state index in [1.54, 1.807) is 19.2 Å². The van der Waals surface area contributed by atoms with Crippen molar-refractivity contribution in [1.82, 2.24) is 0 Å². The summed E-state index contributed by atoms with van der Waals surface area (Å²) in [6, 6.07) is 11.5. The van der Waals surface area contributed by atoms with Crippen LogP contribution in [0.1, 0.15) is 25.0 Å². The lowest BCUT2D eigenvalue weighted by Crippen LogP contribution is -2.30. The predicted molar refractivity (Wildman–Crippen MR) is 107 cm³/mol. The summed E-state index contributed by atoms with van der Waals surface area (Å²) in [7, 11) is 1.60. The van der Waals surface area contributed by atoms with Crippen molar-refractivity contribution in [2.45, 2.75) is 13.8 Å². The maximum atomic E-state index is 13.0. The Balaban J connectivity index is 2.15. The van der Waals surface area contributed by atoms with Crippen LogP contribution in [0.15, 0.2) is 40.9 Å². The van der Waals surface area contributed by atoms with Crippen LogP contribution in [-0.4, -0.2) is 19.6 Å². The molecule has 0 atom stereocenters. The fraction of sp³-hybridized carbons (Fsp3) is 0.250. The summed E-state index contributed by atoms with van der Waals surface area (Å²) in [5.74, 6) is 1.05. The number of amides is 1. The summed E-state index contributed by atoms with van der Waals surface area (Å²) >= 11 is 9.65. The fourth-order valence-electron chi connectivity index (χ4n) is 3.05. The average Bonchev–Trinajstić information content (AvgIpc) is 2.80. The highest BCUT2D eigenvalue weighted by Crippen LogP contribution is 2.40. The zero-order chi connectivity index (χ0) is 18.1. The Kier molecular flexibility index (Phi) is 5.21. The van der Waals surface area contributed by atoms with Gasteiger partial charge in [-0.1, -0.05) is 43.6 Å². The Hall–Kier alpha value is -1.78. The second-order valence-corrected chi connectivity index (χ2v) is 7.69. The van der Waals surface area contributed by atoms with Gasteiger partial charge in [0, 0.05) is 28.3 Å². The van der Waals surface area contributed by atoms with Crippen molar-refractivity contribution < 1.29 is 9.53 Å². The first-order chi connectivity index (χ1) is 11.9. The molecule has 1 amide bonds. The van der Waals surface area contributed by atoms with E-state index in [0.717, 1.165) is 21.3 Å². The van der Waals surface area contributed by atoms with Gasteiger partial charge in [-0.25, -0.2) is 0 Å². The molecular formula is C20H19BrClNO2. The maximum Gasteiger partial charge on any atom is 0.259 e. The highest BCUT2D eigenvalue weighted by Gasteiger charge is 2.32. The van der Waals surface area contributed by atoms with Gasteiger partial charge in [-0.3, -0.25) is 4.79 Å². The SMILES string of the molecule is COc1c(Br)cc(Cl)cc1/C=C1\C(=O)N(CC(C)C)c2ccccc21. The lowest BCUT2D eigenvalue weighted by atomic mass is 10.0. The highest BCUT2D eigenvalue weighted by atomic mass is 79.9. The van der Waals surface area contributed by atoms with E-state index in [1.165, 1.54) is 0 Å². The normalized spacial score (nSPS) is 15.2. The van der Waals surface area contributed by atoms with Crippen LogP contribution in [0.5, 0.6) is 5.75 Å². The van der Waals surface area contributed by atoms with Gasteiger partial charge in [-0.05, 0) is 46.1 Å². The first-order valence-electron chi connectivity index (χ1n) is 8.08. The summed E-state index contributed by atoms with van der Waals surface area (Å²) in [5, 5.41) is 0.581. The third-order valence-corrected chi connectivity index (χ3v) is 4.86. The first-order valence-corrected chi connectivity index (χ1v) is 9.25. The Bertz CT molecular complexity index is 861. The second kappa shape index (κ2) is 7.22. The molecular weight excluding hydrogens is 402 g/mol. The van der Waals surface area contributed by atoms with Crippen LogP contribution in [0.3, 0.4) is 0 Å². The highest BCUT2D eigenvalue weighted by molar-refractivity contribution is 9.10. The van der Waals surface area contributed by atoms with Gasteiger partial charge in [0.1, 0.15) is 5.75 Å². The number of anilines is 1. The van der Waals surface area contributed by atoms with Crippen molar-refractivity contribution in [3.05, 3.63) is 57.0 Å². The summed E-state index contributed by atoms with van der Waals surface area (Å²) in [6.45, 7) is 4.90. The van der Waals surface area contributed by atoms with Crippen LogP contribution in [0.4, 0.5) is 5.69 Å². The summed E-state index contributed by atoms with van der Waals surface area (Å²) in [6.07, 6.45) is 1.86. The van der Waals surface area contributed by atoms with E-state index in [2.05, 4.69) is 29.8 Å². The predicted octanol–water partition coefficient (Wildman–Crippen LogP) is 5.65. The van der Waals surface area contributed by atoms with Crippen LogP contribution < -0.4 is 9.64 Å². The Labute approximate surface area is 161 Å². The monoisotopic (exact) mass is 419 g/mol. The average molecular weight is 421 g/mol. The number of hydrogen-bond donors (Lipinski definition) is 0. The number of carbonyl (C=O) groups is 1. The molecule has 1 aliphatic heterocycles. The molecule has 0 fully saturated rings. The summed E-state index contributed by atoms with van der Waals surface area (Å²) < 4.78 is 6.24. The molecule has 0 spiro atoms. The zero-order valence-electron chi connectivity index (χ0n) is 14.3. The number of fused-ring (bicyclic) bond motifs is 1. The summed E-state index contributed by atoms with van der Waals surface area (Å²) in [4.78, 5) is 14.9. The molecule has 25 heavy (non-hydrogen) atoms. The number of ether oxygens (including phenoxy) is 1. The van der Waals surface area contributed by atoms with E-state index in [1.807, 2.05) is 35.2 Å². The molecule has 0 aromatic heterocycles. The number of hydrogen-bond acceptors (Lipinski definition) is 2. The van der Waals surface area contributed by atoms with Crippen molar-refractivity contribution >= 4 is 50.8 Å². The number of para-hydroxylation sites is 1. The maximum absolute atomic E-state index is 13.0. The van der Waals surface area contributed by atoms with Gasteiger partial charge in [0.25, 0.3) is 5.91 Å². The Morgan fingerprint density at radius 2 is 2.00 bits per heavy atom. The molecule has 2 aromatic carbocycles. The second-order valence-electron chi connectivity index (χ2n) is 6.39. The standard InChI is InChI=1S/C20H19BrClNO2/c1-12(2)11-23-18-7-5-4-6-15(18)16(20(23)24)9-13-8-14(22)10-17(21)19(13)25-3/h4-10,12H,11H2,1-3H3/b16-9-. The number of nitrogens with zero attached hydrogens (tertiary/aromatic N) is 1. The van der Waals surface area contributed by atoms with Crippen molar-refractivity contribution in [1.29, 1.82) is 0 Å². The van der Waals surface area contributed by atoms with Crippen LogP contribution in [0.25, 0.3) is 11.6 Å². The molecule has 1 heterocycles. The van der Waals surface area contributed by atoms with Crippen molar-refractivity contribution in [2.24, 2.45) is 5.92 Å². The largest absolute Gasteiger partial charge is 0.495 e. The molecule has 130 valence electrons. The molecule has 3 nitrogen and oxygen atoms in total. The van der Waals surface area contributed by atoms with Gasteiger partial charge >= 0.3 is 0 Å². The molecule has 0 aliphatic carbocycles. The topological polar surface area (TPSA) is 29.5 Å². The van der Waals surface area contributed by atoms with Crippen molar-refractivity contribution in [2.75, 3.05) is 18.6 Å². The van der Waals surface area contributed by atoms with Crippen LogP contribution >= 0.6 is 27.5 Å². The molecule has 2 aromatic rings. The van der Waals surface area contributed by atoms with Gasteiger partial charge in [-0.15, -0.1) is 0 Å². The molecule has 0 saturated carbocycles. The van der Waals surface area contributed by atoms with Gasteiger partial charge in [0.2, 0.25) is 0 Å². The zero-order valence-corrected chi connectivity index (χ0v) is 16.7. The number of carbonyl (C=O) groups excluding carboxylic acids is 1. The lowest BCUT2D eigenvalue weighted by molar-refractivity contribution is -0.113. The number of methoxy groups -OCH3 is 1. The minimum atomic E-state index is 0.00745. The molecule has 5 heteroatoms. The molecule has 0 unspecified atom stereocenters. The molecule has 0 saturated heterocycles. The van der Waals surface area contributed by atoms with E-state index in [-0.39, 0.29) is 5.91 Å². The van der Waals surface area contributed by atoms with Crippen molar-refractivity contribution in [3.8, 4) is 5.75 Å². The number of rotatable bonds is 4. The third-order valence-electron chi connectivity index (χ3n) is 4.05. The van der Waals surface area contributed by atoms with E-state index < -0.39 is 0 Å². The van der Waals surface area contributed by atoms with Crippen LogP contribution in [0.2, 0.25) is 5.02 Å². The smallest absolute Gasteiger partial charge is 0.259 e. The van der Waals surface area contributed by atoms with Crippen LogP contribution in [0, 0.1) is 5.92 Å². The minimum Gasteiger partial charge on any atom is -0.495 e. The quantitative estimate of drug-likeness (QED) is 0.598. The lowest BCUT2D eigenvalue weighted by Gasteiger charge is -2.19. The summed E-state index contributed by atoms with van der Waals surface area (Å²) in [5.41, 5.74) is 3.31. The number of halogens is 2. The Morgan fingerprint density at radius 3 is 2.68 bits per heavy atom. The van der Waals surface area contributed by atoms with E-state index in [9.17, 15) is 4.79 Å². The molecule has 0 bridgehead atoms. The molecule has 0 N–H and O–H groups in total. The fourth-order valence-corrected chi connectivity index (χ4v) is 4.05. The first kappa shape index (κ1) is 18.0. The number of benzene rings is 2. The Morgan fingerprint density at radius 1 is 1.28 bits per heavy atom. The van der Waals surface area contributed by atoms with Crippen LogP contribution in [-0.2, 0) is 4.79 Å². The van der Waals surface area contributed by atoms with E-state index in [4.69, 9.17) is 16.3 Å².